The summed E-state index contributed by atoms with van der Waals surface area (Å²) in [5.41, 5.74) is 0.0333. The largest absolute Gasteiger partial charge is 0.496 e. The van der Waals surface area contributed by atoms with E-state index in [1.54, 1.807) is 23.2 Å². The molecule has 5 nitrogen and oxygen atoms in total. The van der Waals surface area contributed by atoms with Gasteiger partial charge in [-0.2, -0.15) is 5.10 Å². The Kier molecular flexibility index (Phi) is 5.13. The molecule has 1 fully saturated rings. The average molecular weight is 331 g/mol. The third-order valence-electron chi connectivity index (χ3n) is 4.55. The molecular weight excluding hydrogens is 309 g/mol. The number of aryl methyl sites for hydroxylation is 1. The molecule has 3 rings (SSSR count). The van der Waals surface area contributed by atoms with Gasteiger partial charge < -0.3 is 9.64 Å². The number of likely N-dealkylation sites (tertiary alicyclic amines) is 1. The zero-order valence-electron chi connectivity index (χ0n) is 13.8. The first-order valence-electron chi connectivity index (χ1n) is 8.31. The van der Waals surface area contributed by atoms with Gasteiger partial charge in [0.25, 0.3) is 5.91 Å². The second-order valence-corrected chi connectivity index (χ2v) is 6.02. The molecule has 128 valence electrons. The molecule has 1 amide bonds. The molecule has 1 aliphatic heterocycles. The Labute approximate surface area is 141 Å². The molecule has 1 aromatic carbocycles. The van der Waals surface area contributed by atoms with Crippen LogP contribution >= 0.6 is 0 Å². The van der Waals surface area contributed by atoms with Gasteiger partial charge in [0.05, 0.1) is 7.11 Å². The van der Waals surface area contributed by atoms with E-state index in [2.05, 4.69) is 5.10 Å². The van der Waals surface area contributed by atoms with E-state index in [-0.39, 0.29) is 23.3 Å². The summed E-state index contributed by atoms with van der Waals surface area (Å²) in [6, 6.07) is 6.46. The smallest absolute Gasteiger partial charge is 0.260 e. The number of carbonyl (C=O) groups is 1. The van der Waals surface area contributed by atoms with Gasteiger partial charge in [-0.15, -0.1) is 0 Å². The quantitative estimate of drug-likeness (QED) is 0.846. The van der Waals surface area contributed by atoms with Gasteiger partial charge in [0.2, 0.25) is 0 Å². The van der Waals surface area contributed by atoms with Crippen molar-refractivity contribution < 1.29 is 13.9 Å². The summed E-state index contributed by atoms with van der Waals surface area (Å²) in [6.45, 7) is 1.40. The molecule has 0 radical (unpaired) electrons. The fourth-order valence-corrected chi connectivity index (χ4v) is 3.31. The second-order valence-electron chi connectivity index (χ2n) is 6.02. The van der Waals surface area contributed by atoms with Crippen LogP contribution in [0.3, 0.4) is 0 Å². The Morgan fingerprint density at radius 2 is 2.25 bits per heavy atom. The van der Waals surface area contributed by atoms with Crippen molar-refractivity contribution in [2.45, 2.75) is 38.3 Å². The molecule has 0 N–H and O–H groups in total. The fraction of sp³-hybridized carbons (Fsp3) is 0.444. The van der Waals surface area contributed by atoms with E-state index in [4.69, 9.17) is 4.74 Å². The molecular formula is C18H22FN3O2. The van der Waals surface area contributed by atoms with E-state index in [1.165, 1.54) is 13.2 Å². The Morgan fingerprint density at radius 1 is 1.38 bits per heavy atom. The number of piperidine rings is 1. The third-order valence-corrected chi connectivity index (χ3v) is 4.55. The van der Waals surface area contributed by atoms with Crippen molar-refractivity contribution in [3.63, 3.8) is 0 Å². The average Bonchev–Trinajstić information content (AvgIpc) is 3.13. The highest BCUT2D eigenvalue weighted by molar-refractivity contribution is 5.97. The lowest BCUT2D eigenvalue weighted by atomic mass is 9.98. The predicted octanol–water partition coefficient (Wildman–Crippen LogP) is 3.12. The lowest BCUT2D eigenvalue weighted by Gasteiger charge is -2.36. The number of hydrogen-bond donors (Lipinski definition) is 0. The Bertz CT molecular complexity index is 688. The van der Waals surface area contributed by atoms with Gasteiger partial charge >= 0.3 is 0 Å². The first-order chi connectivity index (χ1) is 11.7. The molecule has 1 unspecified atom stereocenters. The van der Waals surface area contributed by atoms with Crippen LogP contribution < -0.4 is 4.74 Å². The minimum absolute atomic E-state index is 0.0333. The molecule has 0 spiro atoms. The van der Waals surface area contributed by atoms with Crippen LogP contribution in [-0.2, 0) is 6.54 Å². The zero-order valence-corrected chi connectivity index (χ0v) is 13.8. The number of nitrogens with zero attached hydrogens (tertiary/aromatic N) is 3. The van der Waals surface area contributed by atoms with Crippen molar-refractivity contribution in [2.24, 2.45) is 0 Å². The van der Waals surface area contributed by atoms with E-state index in [9.17, 15) is 9.18 Å². The van der Waals surface area contributed by atoms with Crippen LogP contribution in [0.5, 0.6) is 5.75 Å². The van der Waals surface area contributed by atoms with Crippen molar-refractivity contribution in [3.8, 4) is 5.75 Å². The molecule has 1 atom stereocenters. The van der Waals surface area contributed by atoms with Crippen LogP contribution in [-0.4, -0.2) is 40.3 Å². The highest BCUT2D eigenvalue weighted by Gasteiger charge is 2.30. The SMILES string of the molecule is COc1cccc(F)c1C(=O)N1CCCCC1CCn1cccn1. The van der Waals surface area contributed by atoms with Crippen molar-refractivity contribution in [1.29, 1.82) is 0 Å². The number of benzene rings is 1. The second kappa shape index (κ2) is 7.47. The number of ether oxygens (including phenoxy) is 1. The van der Waals surface area contributed by atoms with Crippen LogP contribution in [0, 0.1) is 5.82 Å². The summed E-state index contributed by atoms with van der Waals surface area (Å²) in [5, 5.41) is 4.20. The number of aromatic nitrogens is 2. The highest BCUT2D eigenvalue weighted by Crippen LogP contribution is 2.28. The summed E-state index contributed by atoms with van der Waals surface area (Å²) >= 11 is 0. The maximum Gasteiger partial charge on any atom is 0.260 e. The number of hydrogen-bond acceptors (Lipinski definition) is 3. The summed E-state index contributed by atoms with van der Waals surface area (Å²) in [4.78, 5) is 14.8. The minimum Gasteiger partial charge on any atom is -0.496 e. The topological polar surface area (TPSA) is 47.4 Å². The summed E-state index contributed by atoms with van der Waals surface area (Å²) in [7, 11) is 1.46. The van der Waals surface area contributed by atoms with Crippen LogP contribution in [0.1, 0.15) is 36.0 Å². The van der Waals surface area contributed by atoms with Crippen molar-refractivity contribution in [3.05, 3.63) is 48.0 Å². The third kappa shape index (κ3) is 3.42. The monoisotopic (exact) mass is 331 g/mol. The van der Waals surface area contributed by atoms with Crippen molar-refractivity contribution in [1.82, 2.24) is 14.7 Å². The zero-order chi connectivity index (χ0) is 16.9. The van der Waals surface area contributed by atoms with Crippen molar-refractivity contribution in [2.75, 3.05) is 13.7 Å². The molecule has 0 aliphatic carbocycles. The van der Waals surface area contributed by atoms with Gasteiger partial charge in [0.15, 0.2) is 0 Å². The Morgan fingerprint density at radius 3 is 3.00 bits per heavy atom. The molecule has 0 bridgehead atoms. The van der Waals surface area contributed by atoms with Gasteiger partial charge in [-0.3, -0.25) is 9.48 Å². The lowest BCUT2D eigenvalue weighted by molar-refractivity contribution is 0.0585. The van der Waals surface area contributed by atoms with Gasteiger partial charge in [0.1, 0.15) is 17.1 Å². The normalized spacial score (nSPS) is 17.8. The predicted molar refractivity (Wildman–Crippen MR) is 88.5 cm³/mol. The molecule has 6 heteroatoms. The van der Waals surface area contributed by atoms with E-state index in [0.717, 1.165) is 32.2 Å². The fourth-order valence-electron chi connectivity index (χ4n) is 3.31. The summed E-state index contributed by atoms with van der Waals surface area (Å²) in [5.74, 6) is -0.526. The van der Waals surface area contributed by atoms with Crippen LogP contribution in [0.25, 0.3) is 0 Å². The maximum absolute atomic E-state index is 14.2. The highest BCUT2D eigenvalue weighted by atomic mass is 19.1. The molecule has 0 saturated carbocycles. The lowest BCUT2D eigenvalue weighted by Crippen LogP contribution is -2.44. The van der Waals surface area contributed by atoms with Gasteiger partial charge in [0, 0.05) is 31.5 Å². The van der Waals surface area contributed by atoms with Gasteiger partial charge in [-0.25, -0.2) is 4.39 Å². The number of halogens is 1. The van der Waals surface area contributed by atoms with E-state index in [0.29, 0.717) is 6.54 Å². The number of carbonyl (C=O) groups excluding carboxylic acids is 1. The maximum atomic E-state index is 14.2. The van der Waals surface area contributed by atoms with Crippen molar-refractivity contribution >= 4 is 5.91 Å². The number of methoxy groups -OCH3 is 1. The van der Waals surface area contributed by atoms with Gasteiger partial charge in [-0.1, -0.05) is 6.07 Å². The first kappa shape index (κ1) is 16.5. The van der Waals surface area contributed by atoms with E-state index < -0.39 is 5.82 Å². The summed E-state index contributed by atoms with van der Waals surface area (Å²) < 4.78 is 21.3. The molecule has 2 aromatic rings. The first-order valence-corrected chi connectivity index (χ1v) is 8.31. The van der Waals surface area contributed by atoms with Crippen LogP contribution in [0.4, 0.5) is 4.39 Å². The molecule has 1 aliphatic rings. The van der Waals surface area contributed by atoms with Crippen LogP contribution in [0.15, 0.2) is 36.7 Å². The number of amides is 1. The Hall–Kier alpha value is -2.37. The standard InChI is InChI=1S/C18H22FN3O2/c1-24-16-8-4-7-15(19)17(16)18(23)22-12-3-2-6-14(22)9-13-21-11-5-10-20-21/h4-5,7-8,10-11,14H,2-3,6,9,12-13H2,1H3. The molecule has 24 heavy (non-hydrogen) atoms. The molecule has 2 heterocycles. The van der Waals surface area contributed by atoms with E-state index >= 15 is 0 Å². The summed E-state index contributed by atoms with van der Waals surface area (Å²) in [6.07, 6.45) is 7.43. The van der Waals surface area contributed by atoms with Crippen LogP contribution in [0.2, 0.25) is 0 Å². The number of rotatable bonds is 5. The molecule has 1 saturated heterocycles. The van der Waals surface area contributed by atoms with Gasteiger partial charge in [-0.05, 0) is 43.9 Å². The molecule has 1 aromatic heterocycles. The Balaban J connectivity index is 1.78. The van der Waals surface area contributed by atoms with E-state index in [1.807, 2.05) is 16.9 Å². The minimum atomic E-state index is -0.532.